The summed E-state index contributed by atoms with van der Waals surface area (Å²) in [7, 11) is 0. The Balaban J connectivity index is 1.69. The van der Waals surface area contributed by atoms with Gasteiger partial charge in [-0.2, -0.15) is 0 Å². The predicted molar refractivity (Wildman–Crippen MR) is 107 cm³/mol. The van der Waals surface area contributed by atoms with Crippen molar-refractivity contribution in [1.29, 1.82) is 0 Å². The Hall–Kier alpha value is -2.34. The van der Waals surface area contributed by atoms with E-state index in [4.69, 9.17) is 9.47 Å². The van der Waals surface area contributed by atoms with E-state index in [1.807, 2.05) is 36.4 Å². The minimum absolute atomic E-state index is 0.141. The summed E-state index contributed by atoms with van der Waals surface area (Å²) < 4.78 is 10.1. The summed E-state index contributed by atoms with van der Waals surface area (Å²) >= 11 is 0. The van der Waals surface area contributed by atoms with Crippen LogP contribution in [0, 0.1) is 0 Å². The molecule has 1 N–H and O–H groups in total. The molecule has 0 aromatic heterocycles. The fraction of sp³-hybridized carbons (Fsp3) is 0.545. The summed E-state index contributed by atoms with van der Waals surface area (Å²) in [4.78, 5) is 24.9. The molecule has 6 nitrogen and oxygen atoms in total. The van der Waals surface area contributed by atoms with Crippen LogP contribution in [-0.4, -0.2) is 54.0 Å². The van der Waals surface area contributed by atoms with Crippen molar-refractivity contribution in [3.05, 3.63) is 48.0 Å². The maximum absolute atomic E-state index is 11.9. The molecule has 1 saturated heterocycles. The third-order valence-electron chi connectivity index (χ3n) is 4.69. The van der Waals surface area contributed by atoms with Crippen molar-refractivity contribution in [2.75, 3.05) is 19.8 Å². The third kappa shape index (κ3) is 7.72. The Morgan fingerprint density at radius 2 is 2.04 bits per heavy atom. The molecule has 1 aromatic rings. The molecule has 6 heteroatoms. The van der Waals surface area contributed by atoms with Crippen LogP contribution in [0.5, 0.6) is 0 Å². The number of esters is 1. The summed E-state index contributed by atoms with van der Waals surface area (Å²) in [6, 6.07) is 9.66. The number of benzene rings is 1. The zero-order valence-corrected chi connectivity index (χ0v) is 16.6. The first kappa shape index (κ1) is 22.0. The number of hydrogen-bond donors (Lipinski definition) is 1. The van der Waals surface area contributed by atoms with E-state index in [1.165, 1.54) is 0 Å². The van der Waals surface area contributed by atoms with Gasteiger partial charge in [0.25, 0.3) is 0 Å². The summed E-state index contributed by atoms with van der Waals surface area (Å²) in [5, 5.41) is 10.2. The van der Waals surface area contributed by atoms with Gasteiger partial charge in [-0.1, -0.05) is 55.3 Å². The predicted octanol–water partition coefficient (Wildman–Crippen LogP) is 3.48. The van der Waals surface area contributed by atoms with Gasteiger partial charge in [0.2, 0.25) is 0 Å². The number of unbranched alkanes of at least 4 members (excludes halogenated alkanes) is 3. The first-order valence-corrected chi connectivity index (χ1v) is 10.1. The van der Waals surface area contributed by atoms with Crippen molar-refractivity contribution in [2.24, 2.45) is 0 Å². The van der Waals surface area contributed by atoms with Gasteiger partial charge in [-0.05, 0) is 25.3 Å². The van der Waals surface area contributed by atoms with Gasteiger partial charge in [-0.3, -0.25) is 9.69 Å². The van der Waals surface area contributed by atoms with E-state index in [1.54, 1.807) is 17.9 Å². The van der Waals surface area contributed by atoms with Gasteiger partial charge < -0.3 is 14.6 Å². The summed E-state index contributed by atoms with van der Waals surface area (Å²) in [6.45, 7) is 3.15. The summed E-state index contributed by atoms with van der Waals surface area (Å²) in [6.07, 6.45) is 7.22. The molecule has 0 spiro atoms. The number of rotatable bonds is 12. The van der Waals surface area contributed by atoms with Crippen LogP contribution in [0.3, 0.4) is 0 Å². The minimum atomic E-state index is -0.595. The Morgan fingerprint density at radius 1 is 1.29 bits per heavy atom. The normalized spacial score (nSPS) is 17.7. The number of cyclic esters (lactones) is 1. The van der Waals surface area contributed by atoms with Gasteiger partial charge in [-0.25, -0.2) is 4.79 Å². The maximum atomic E-state index is 11.9. The lowest BCUT2D eigenvalue weighted by atomic mass is 10.1. The molecule has 1 fully saturated rings. The van der Waals surface area contributed by atoms with Crippen molar-refractivity contribution in [1.82, 2.24) is 4.90 Å². The van der Waals surface area contributed by atoms with E-state index < -0.39 is 6.10 Å². The number of aliphatic hydroxyl groups is 1. The summed E-state index contributed by atoms with van der Waals surface area (Å²) in [5.41, 5.74) is 1.07. The molecule has 1 aliphatic rings. The topological polar surface area (TPSA) is 76.1 Å². The highest BCUT2D eigenvalue weighted by molar-refractivity contribution is 5.70. The molecular formula is C22H31NO5. The van der Waals surface area contributed by atoms with E-state index in [2.05, 4.69) is 0 Å². The summed E-state index contributed by atoms with van der Waals surface area (Å²) in [5.74, 6) is -0.148. The number of carbonyl (C=O) groups excluding carboxylic acids is 2. The molecular weight excluding hydrogens is 358 g/mol. The van der Waals surface area contributed by atoms with Crippen LogP contribution < -0.4 is 0 Å². The van der Waals surface area contributed by atoms with Gasteiger partial charge in [-0.15, -0.1) is 0 Å². The van der Waals surface area contributed by atoms with Gasteiger partial charge >= 0.3 is 12.1 Å². The zero-order valence-electron chi connectivity index (χ0n) is 16.6. The quantitative estimate of drug-likeness (QED) is 0.336. The van der Waals surface area contributed by atoms with Crippen molar-refractivity contribution < 1.29 is 24.2 Å². The molecule has 2 rings (SSSR count). The first-order chi connectivity index (χ1) is 13.6. The largest absolute Gasteiger partial charge is 0.466 e. The highest BCUT2D eigenvalue weighted by Gasteiger charge is 2.30. The minimum Gasteiger partial charge on any atom is -0.466 e. The lowest BCUT2D eigenvalue weighted by Gasteiger charge is -2.19. The average molecular weight is 389 g/mol. The zero-order chi connectivity index (χ0) is 20.2. The Kier molecular flexibility index (Phi) is 9.55. The Morgan fingerprint density at radius 3 is 2.79 bits per heavy atom. The van der Waals surface area contributed by atoms with Crippen LogP contribution in [0.2, 0.25) is 0 Å². The Labute approximate surface area is 167 Å². The molecule has 1 aromatic carbocycles. The van der Waals surface area contributed by atoms with Crippen molar-refractivity contribution in [3.8, 4) is 0 Å². The van der Waals surface area contributed by atoms with Gasteiger partial charge in [0.15, 0.2) is 0 Å². The molecule has 1 aliphatic heterocycles. The number of hydrogen-bond acceptors (Lipinski definition) is 5. The van der Waals surface area contributed by atoms with E-state index in [-0.39, 0.29) is 18.1 Å². The van der Waals surface area contributed by atoms with E-state index in [0.29, 0.717) is 32.6 Å². The fourth-order valence-corrected chi connectivity index (χ4v) is 3.20. The van der Waals surface area contributed by atoms with Crippen molar-refractivity contribution >= 4 is 12.1 Å². The van der Waals surface area contributed by atoms with Crippen LogP contribution in [0.15, 0.2) is 42.5 Å². The molecule has 0 aliphatic carbocycles. The molecule has 1 heterocycles. The third-order valence-corrected chi connectivity index (χ3v) is 4.69. The second-order valence-electron chi connectivity index (χ2n) is 6.95. The van der Waals surface area contributed by atoms with Gasteiger partial charge in [0, 0.05) is 19.4 Å². The average Bonchev–Trinajstić information content (AvgIpc) is 3.03. The van der Waals surface area contributed by atoms with E-state index >= 15 is 0 Å². The fourth-order valence-electron chi connectivity index (χ4n) is 3.20. The van der Waals surface area contributed by atoms with Gasteiger partial charge in [0.1, 0.15) is 6.61 Å². The second-order valence-corrected chi connectivity index (χ2v) is 6.95. The van der Waals surface area contributed by atoms with Crippen LogP contribution in [-0.2, 0) is 20.7 Å². The maximum Gasteiger partial charge on any atom is 0.410 e. The van der Waals surface area contributed by atoms with Crippen LogP contribution in [0.4, 0.5) is 4.79 Å². The van der Waals surface area contributed by atoms with Crippen molar-refractivity contribution in [3.63, 3.8) is 0 Å². The molecule has 2 unspecified atom stereocenters. The number of aliphatic hydroxyl groups excluding tert-OH is 1. The van der Waals surface area contributed by atoms with E-state index in [0.717, 1.165) is 31.2 Å². The highest BCUT2D eigenvalue weighted by atomic mass is 16.6. The van der Waals surface area contributed by atoms with Crippen LogP contribution in [0.25, 0.3) is 0 Å². The monoisotopic (exact) mass is 389 g/mol. The smallest absolute Gasteiger partial charge is 0.410 e. The lowest BCUT2D eigenvalue weighted by Crippen LogP contribution is -2.33. The lowest BCUT2D eigenvalue weighted by molar-refractivity contribution is -0.143. The number of carbonyl (C=O) groups is 2. The van der Waals surface area contributed by atoms with Gasteiger partial charge in [0.05, 0.1) is 18.8 Å². The van der Waals surface area contributed by atoms with Crippen molar-refractivity contribution in [2.45, 2.75) is 57.6 Å². The first-order valence-electron chi connectivity index (χ1n) is 10.1. The SMILES string of the molecule is CCOC(=O)CCCCCCN1C(=O)OCC1C=CC(O)Cc1ccccc1. The van der Waals surface area contributed by atoms with E-state index in [9.17, 15) is 14.7 Å². The molecule has 154 valence electrons. The highest BCUT2D eigenvalue weighted by Crippen LogP contribution is 2.16. The number of amides is 1. The standard InChI is InChI=1S/C22H31NO5/c1-2-27-21(25)12-8-3-4-9-15-23-19(17-28-22(23)26)13-14-20(24)16-18-10-6-5-7-11-18/h5-7,10-11,13-14,19-20,24H,2-4,8-9,12,15-17H2,1H3. The molecule has 0 saturated carbocycles. The van der Waals surface area contributed by atoms with Crippen LogP contribution >= 0.6 is 0 Å². The molecule has 0 bridgehead atoms. The molecule has 0 radical (unpaired) electrons. The molecule has 2 atom stereocenters. The molecule has 1 amide bonds. The second kappa shape index (κ2) is 12.2. The van der Waals surface area contributed by atoms with Crippen LogP contribution in [0.1, 0.15) is 44.6 Å². The number of nitrogens with zero attached hydrogens (tertiary/aromatic N) is 1. The molecule has 28 heavy (non-hydrogen) atoms. The Bertz CT molecular complexity index is 631. The number of ether oxygens (including phenoxy) is 2.